The first kappa shape index (κ1) is 14.4. The molecule has 0 heterocycles. The van der Waals surface area contributed by atoms with Crippen molar-refractivity contribution in [1.82, 2.24) is 0 Å². The predicted octanol–water partition coefficient (Wildman–Crippen LogP) is 2.57. The van der Waals surface area contributed by atoms with Crippen LogP contribution in [0.5, 0.6) is 5.75 Å². The Hall–Kier alpha value is -1.99. The number of hydrogen-bond donors (Lipinski definition) is 3. The lowest BCUT2D eigenvalue weighted by molar-refractivity contribution is 0.477. The number of phenols is 1. The molecule has 0 radical (unpaired) electrons. The number of anilines is 2. The fraction of sp³-hybridized carbons (Fsp3) is 0. The van der Waals surface area contributed by atoms with Gasteiger partial charge in [0.05, 0.1) is 21.3 Å². The highest BCUT2D eigenvalue weighted by Gasteiger charge is 2.16. The van der Waals surface area contributed by atoms with E-state index in [4.69, 9.17) is 17.3 Å². The molecule has 0 spiro atoms. The van der Waals surface area contributed by atoms with Crippen LogP contribution in [0.3, 0.4) is 0 Å². The van der Waals surface area contributed by atoms with E-state index in [1.54, 1.807) is 0 Å². The van der Waals surface area contributed by atoms with Crippen LogP contribution >= 0.6 is 11.6 Å². The van der Waals surface area contributed by atoms with Crippen LogP contribution in [-0.2, 0) is 10.0 Å². The summed E-state index contributed by atoms with van der Waals surface area (Å²) in [5.74, 6) is -0.864. The molecule has 0 amide bonds. The molecule has 2 rings (SSSR count). The van der Waals surface area contributed by atoms with Gasteiger partial charge in [0.2, 0.25) is 0 Å². The van der Waals surface area contributed by atoms with E-state index in [2.05, 4.69) is 4.72 Å². The van der Waals surface area contributed by atoms with E-state index in [0.717, 1.165) is 18.2 Å². The Morgan fingerprint density at radius 1 is 1.20 bits per heavy atom. The second kappa shape index (κ2) is 5.18. The fourth-order valence-electron chi connectivity index (χ4n) is 1.47. The lowest BCUT2D eigenvalue weighted by atomic mass is 10.3. The van der Waals surface area contributed by atoms with Crippen molar-refractivity contribution in [2.24, 2.45) is 0 Å². The molecule has 0 saturated heterocycles. The molecule has 8 heteroatoms. The van der Waals surface area contributed by atoms with E-state index in [1.807, 2.05) is 0 Å². The van der Waals surface area contributed by atoms with Crippen LogP contribution in [-0.4, -0.2) is 13.5 Å². The Balaban J connectivity index is 2.35. The lowest BCUT2D eigenvalue weighted by Crippen LogP contribution is -2.13. The summed E-state index contributed by atoms with van der Waals surface area (Å²) in [4.78, 5) is -0.131. The molecular formula is C12H10ClFN2O3S. The van der Waals surface area contributed by atoms with Gasteiger partial charge < -0.3 is 10.8 Å². The highest BCUT2D eigenvalue weighted by molar-refractivity contribution is 7.92. The van der Waals surface area contributed by atoms with Gasteiger partial charge in [-0.05, 0) is 36.4 Å². The Labute approximate surface area is 119 Å². The molecule has 0 aliphatic carbocycles. The molecule has 2 aromatic carbocycles. The van der Waals surface area contributed by atoms with E-state index in [9.17, 15) is 17.9 Å². The van der Waals surface area contributed by atoms with Crippen LogP contribution < -0.4 is 10.5 Å². The number of nitrogen functional groups attached to an aromatic ring is 1. The molecule has 20 heavy (non-hydrogen) atoms. The zero-order chi connectivity index (χ0) is 14.9. The zero-order valence-electron chi connectivity index (χ0n) is 9.97. The molecule has 0 aliphatic rings. The van der Waals surface area contributed by atoms with Crippen LogP contribution in [0.25, 0.3) is 0 Å². The number of rotatable bonds is 3. The first-order valence-corrected chi connectivity index (χ1v) is 7.22. The Morgan fingerprint density at radius 2 is 1.90 bits per heavy atom. The molecule has 2 aromatic rings. The largest absolute Gasteiger partial charge is 0.506 e. The molecule has 0 aliphatic heterocycles. The van der Waals surface area contributed by atoms with Crippen molar-refractivity contribution in [3.05, 3.63) is 47.2 Å². The first-order valence-electron chi connectivity index (χ1n) is 5.36. The van der Waals surface area contributed by atoms with Gasteiger partial charge >= 0.3 is 0 Å². The van der Waals surface area contributed by atoms with Gasteiger partial charge in [-0.25, -0.2) is 12.8 Å². The Bertz CT molecular complexity index is 765. The summed E-state index contributed by atoms with van der Waals surface area (Å²) in [6.45, 7) is 0. The SMILES string of the molecule is Nc1cc(S(=O)(=O)Nc2ccc(F)c(Cl)c2)ccc1O. The van der Waals surface area contributed by atoms with Crippen molar-refractivity contribution < 1.29 is 17.9 Å². The molecule has 0 unspecified atom stereocenters. The van der Waals surface area contributed by atoms with E-state index in [1.165, 1.54) is 18.2 Å². The number of hydrogen-bond acceptors (Lipinski definition) is 4. The minimum atomic E-state index is -3.90. The molecule has 0 aromatic heterocycles. The molecule has 0 bridgehead atoms. The van der Waals surface area contributed by atoms with Crippen molar-refractivity contribution >= 4 is 33.0 Å². The Morgan fingerprint density at radius 3 is 2.50 bits per heavy atom. The summed E-state index contributed by atoms with van der Waals surface area (Å²) in [6, 6.07) is 6.91. The monoisotopic (exact) mass is 316 g/mol. The average Bonchev–Trinajstić information content (AvgIpc) is 2.37. The minimum absolute atomic E-state index is 0.0648. The number of aromatic hydroxyl groups is 1. The number of phenolic OH excluding ortho intramolecular Hbond substituents is 1. The van der Waals surface area contributed by atoms with Gasteiger partial charge in [0.25, 0.3) is 10.0 Å². The van der Waals surface area contributed by atoms with Crippen molar-refractivity contribution in [2.75, 3.05) is 10.5 Å². The highest BCUT2D eigenvalue weighted by Crippen LogP contribution is 2.26. The third kappa shape index (κ3) is 2.94. The topological polar surface area (TPSA) is 92.4 Å². The number of halogens is 2. The van der Waals surface area contributed by atoms with Gasteiger partial charge in [-0.2, -0.15) is 0 Å². The van der Waals surface area contributed by atoms with Gasteiger partial charge in [0.15, 0.2) is 0 Å². The molecule has 0 fully saturated rings. The Kier molecular flexibility index (Phi) is 3.74. The zero-order valence-corrected chi connectivity index (χ0v) is 11.5. The van der Waals surface area contributed by atoms with Crippen molar-refractivity contribution in [3.63, 3.8) is 0 Å². The first-order chi connectivity index (χ1) is 9.29. The van der Waals surface area contributed by atoms with Crippen molar-refractivity contribution in [3.8, 4) is 5.75 Å². The van der Waals surface area contributed by atoms with Gasteiger partial charge in [-0.15, -0.1) is 0 Å². The maximum atomic E-state index is 13.0. The van der Waals surface area contributed by atoms with Crippen LogP contribution in [0.2, 0.25) is 5.02 Å². The number of nitrogens with two attached hydrogens (primary N) is 1. The van der Waals surface area contributed by atoms with Crippen molar-refractivity contribution in [1.29, 1.82) is 0 Å². The number of sulfonamides is 1. The summed E-state index contributed by atoms with van der Waals surface area (Å²) >= 11 is 5.57. The molecule has 0 atom stereocenters. The number of nitrogens with one attached hydrogen (secondary N) is 1. The smallest absolute Gasteiger partial charge is 0.261 e. The molecule has 0 saturated carbocycles. The maximum absolute atomic E-state index is 13.0. The summed E-state index contributed by atoms with van der Waals surface area (Å²) in [7, 11) is -3.90. The number of benzene rings is 2. The minimum Gasteiger partial charge on any atom is -0.506 e. The highest BCUT2D eigenvalue weighted by atomic mass is 35.5. The average molecular weight is 317 g/mol. The van der Waals surface area contributed by atoms with E-state index < -0.39 is 15.8 Å². The third-order valence-electron chi connectivity index (χ3n) is 2.48. The summed E-state index contributed by atoms with van der Waals surface area (Å²) in [5.41, 5.74) is 5.49. The van der Waals surface area contributed by atoms with Gasteiger partial charge in [0.1, 0.15) is 11.6 Å². The summed E-state index contributed by atoms with van der Waals surface area (Å²) in [6.07, 6.45) is 0. The molecular weight excluding hydrogens is 307 g/mol. The molecule has 4 N–H and O–H groups in total. The van der Waals surface area contributed by atoms with Crippen LogP contribution in [0, 0.1) is 5.82 Å². The second-order valence-corrected chi connectivity index (χ2v) is 6.04. The van der Waals surface area contributed by atoms with E-state index in [-0.39, 0.29) is 27.0 Å². The van der Waals surface area contributed by atoms with Gasteiger partial charge in [0, 0.05) is 0 Å². The quantitative estimate of drug-likeness (QED) is 0.599. The van der Waals surface area contributed by atoms with Crippen LogP contribution in [0.15, 0.2) is 41.3 Å². The van der Waals surface area contributed by atoms with E-state index in [0.29, 0.717) is 0 Å². The normalized spacial score (nSPS) is 11.3. The molecule has 5 nitrogen and oxygen atoms in total. The van der Waals surface area contributed by atoms with Crippen molar-refractivity contribution in [2.45, 2.75) is 4.90 Å². The lowest BCUT2D eigenvalue weighted by Gasteiger charge is -2.09. The summed E-state index contributed by atoms with van der Waals surface area (Å²) in [5, 5.41) is 9.07. The summed E-state index contributed by atoms with van der Waals surface area (Å²) < 4.78 is 39.4. The van der Waals surface area contributed by atoms with Gasteiger partial charge in [-0.1, -0.05) is 11.6 Å². The maximum Gasteiger partial charge on any atom is 0.261 e. The second-order valence-electron chi connectivity index (χ2n) is 3.96. The van der Waals surface area contributed by atoms with Gasteiger partial charge in [-0.3, -0.25) is 4.72 Å². The predicted molar refractivity (Wildman–Crippen MR) is 74.7 cm³/mol. The fourth-order valence-corrected chi connectivity index (χ4v) is 2.74. The van der Waals surface area contributed by atoms with Crippen LogP contribution in [0.1, 0.15) is 0 Å². The third-order valence-corrected chi connectivity index (χ3v) is 4.15. The standard InChI is InChI=1S/C12H10ClFN2O3S/c13-9-5-7(1-3-10(9)14)16-20(18,19)8-2-4-12(17)11(15)6-8/h1-6,16-17H,15H2. The molecule has 106 valence electrons. The van der Waals surface area contributed by atoms with E-state index >= 15 is 0 Å². The van der Waals surface area contributed by atoms with Crippen LogP contribution in [0.4, 0.5) is 15.8 Å².